The Labute approximate surface area is 167 Å². The predicted octanol–water partition coefficient (Wildman–Crippen LogP) is 3.89. The molecule has 7 heteroatoms. The highest BCUT2D eigenvalue weighted by molar-refractivity contribution is 7.92. The summed E-state index contributed by atoms with van der Waals surface area (Å²) in [6.45, 7) is 7.99. The van der Waals surface area contributed by atoms with E-state index < -0.39 is 16.1 Å². The lowest BCUT2D eigenvalue weighted by atomic mass is 10.1. The van der Waals surface area contributed by atoms with E-state index in [9.17, 15) is 13.2 Å². The first kappa shape index (κ1) is 21.8. The molecule has 0 aliphatic carbocycles. The summed E-state index contributed by atoms with van der Waals surface area (Å²) in [5, 5.41) is 2.82. The van der Waals surface area contributed by atoms with Crippen molar-refractivity contribution in [3.8, 4) is 5.75 Å². The molecule has 2 aromatic carbocycles. The number of benzene rings is 2. The van der Waals surface area contributed by atoms with Gasteiger partial charge in [-0.3, -0.25) is 9.10 Å². The largest absolute Gasteiger partial charge is 0.494 e. The Bertz CT molecular complexity index is 921. The minimum Gasteiger partial charge on any atom is -0.494 e. The predicted molar refractivity (Wildman–Crippen MR) is 114 cm³/mol. The molecule has 0 radical (unpaired) electrons. The standard InChI is InChI=1S/C21H28N2O4S/c1-6-20(21(24)22-17-9-8-10-19(14-17)27-7-2)23(28(5,25)26)18-12-15(3)11-16(4)13-18/h8-14,20H,6-7H2,1-5H3,(H,22,24). The van der Waals surface area contributed by atoms with Crippen molar-refractivity contribution >= 4 is 27.3 Å². The fourth-order valence-corrected chi connectivity index (χ4v) is 4.39. The van der Waals surface area contributed by atoms with Crippen molar-refractivity contribution in [2.24, 2.45) is 0 Å². The molecule has 1 N–H and O–H groups in total. The van der Waals surface area contributed by atoms with Crippen LogP contribution in [0.1, 0.15) is 31.4 Å². The van der Waals surface area contributed by atoms with E-state index in [1.807, 2.05) is 26.8 Å². The molecule has 6 nitrogen and oxygen atoms in total. The van der Waals surface area contributed by atoms with E-state index in [0.29, 0.717) is 30.2 Å². The van der Waals surface area contributed by atoms with Gasteiger partial charge in [0.05, 0.1) is 18.6 Å². The molecule has 0 aliphatic rings. The first-order chi connectivity index (χ1) is 13.2. The minimum atomic E-state index is -3.67. The second-order valence-corrected chi connectivity index (χ2v) is 8.64. The number of hydrogen-bond donors (Lipinski definition) is 1. The topological polar surface area (TPSA) is 75.7 Å². The summed E-state index contributed by atoms with van der Waals surface area (Å²) in [7, 11) is -3.67. The van der Waals surface area contributed by atoms with Gasteiger partial charge < -0.3 is 10.1 Å². The molecule has 2 aromatic rings. The number of nitrogens with zero attached hydrogens (tertiary/aromatic N) is 1. The second kappa shape index (κ2) is 9.10. The van der Waals surface area contributed by atoms with E-state index in [0.717, 1.165) is 17.4 Å². The summed E-state index contributed by atoms with van der Waals surface area (Å²) in [6.07, 6.45) is 1.45. The zero-order valence-electron chi connectivity index (χ0n) is 17.0. The highest BCUT2D eigenvalue weighted by atomic mass is 32.2. The van der Waals surface area contributed by atoms with Crippen LogP contribution in [0.3, 0.4) is 0 Å². The molecule has 0 saturated heterocycles. The number of carbonyl (C=O) groups excluding carboxylic acids is 1. The maximum atomic E-state index is 13.0. The molecule has 0 aliphatic heterocycles. The van der Waals surface area contributed by atoms with Crippen LogP contribution in [0.15, 0.2) is 42.5 Å². The lowest BCUT2D eigenvalue weighted by Crippen LogP contribution is -2.47. The van der Waals surface area contributed by atoms with Gasteiger partial charge in [-0.05, 0) is 62.6 Å². The van der Waals surface area contributed by atoms with Gasteiger partial charge in [-0.1, -0.05) is 19.1 Å². The zero-order chi connectivity index (χ0) is 20.9. The Hall–Kier alpha value is -2.54. The zero-order valence-corrected chi connectivity index (χ0v) is 17.8. The Morgan fingerprint density at radius 2 is 1.75 bits per heavy atom. The van der Waals surface area contributed by atoms with Crippen LogP contribution in [0.25, 0.3) is 0 Å². The van der Waals surface area contributed by atoms with Gasteiger partial charge in [0.15, 0.2) is 0 Å². The summed E-state index contributed by atoms with van der Waals surface area (Å²) in [5.74, 6) is 0.253. The number of aryl methyl sites for hydroxylation is 2. The molecule has 0 spiro atoms. The number of nitrogens with one attached hydrogen (secondary N) is 1. The van der Waals surface area contributed by atoms with Crippen LogP contribution < -0.4 is 14.4 Å². The van der Waals surface area contributed by atoms with E-state index in [-0.39, 0.29) is 5.91 Å². The summed E-state index contributed by atoms with van der Waals surface area (Å²) < 4.78 is 31.8. The third-order valence-electron chi connectivity index (χ3n) is 4.20. The SMILES string of the molecule is CCOc1cccc(NC(=O)C(CC)N(c2cc(C)cc(C)c2)S(C)(=O)=O)c1. The van der Waals surface area contributed by atoms with Crippen LogP contribution in [0, 0.1) is 13.8 Å². The second-order valence-electron chi connectivity index (χ2n) is 6.78. The number of rotatable bonds is 8. The van der Waals surface area contributed by atoms with Crippen LogP contribution in [0.4, 0.5) is 11.4 Å². The van der Waals surface area contributed by atoms with Gasteiger partial charge in [-0.15, -0.1) is 0 Å². The van der Waals surface area contributed by atoms with Gasteiger partial charge in [0, 0.05) is 11.8 Å². The van der Waals surface area contributed by atoms with Crippen LogP contribution in [0.5, 0.6) is 5.75 Å². The molecule has 0 aromatic heterocycles. The Kier molecular flexibility index (Phi) is 7.07. The lowest BCUT2D eigenvalue weighted by Gasteiger charge is -2.30. The summed E-state index contributed by atoms with van der Waals surface area (Å²) in [4.78, 5) is 13.0. The van der Waals surface area contributed by atoms with Gasteiger partial charge in [-0.25, -0.2) is 8.42 Å². The van der Waals surface area contributed by atoms with Crippen molar-refractivity contribution in [1.82, 2.24) is 0 Å². The smallest absolute Gasteiger partial charge is 0.248 e. The Balaban J connectivity index is 2.38. The highest BCUT2D eigenvalue weighted by Gasteiger charge is 2.31. The molecular formula is C21H28N2O4S. The van der Waals surface area contributed by atoms with Crippen molar-refractivity contribution in [2.45, 2.75) is 40.2 Å². The van der Waals surface area contributed by atoms with E-state index >= 15 is 0 Å². The van der Waals surface area contributed by atoms with Gasteiger partial charge in [0.2, 0.25) is 15.9 Å². The minimum absolute atomic E-state index is 0.330. The molecule has 0 fully saturated rings. The maximum absolute atomic E-state index is 13.0. The van der Waals surface area contributed by atoms with Crippen LogP contribution >= 0.6 is 0 Å². The molecule has 1 atom stereocenters. The molecule has 152 valence electrons. The van der Waals surface area contributed by atoms with E-state index in [1.165, 1.54) is 4.31 Å². The number of anilines is 2. The molecule has 0 heterocycles. The van der Waals surface area contributed by atoms with Gasteiger partial charge in [0.1, 0.15) is 11.8 Å². The Morgan fingerprint density at radius 3 is 2.29 bits per heavy atom. The van der Waals surface area contributed by atoms with E-state index in [2.05, 4.69) is 5.32 Å². The molecule has 0 bridgehead atoms. The number of sulfonamides is 1. The van der Waals surface area contributed by atoms with Crippen LogP contribution in [-0.2, 0) is 14.8 Å². The number of carbonyl (C=O) groups is 1. The van der Waals surface area contributed by atoms with Gasteiger partial charge in [-0.2, -0.15) is 0 Å². The van der Waals surface area contributed by atoms with Crippen molar-refractivity contribution in [2.75, 3.05) is 22.5 Å². The molecule has 1 unspecified atom stereocenters. The van der Waals surface area contributed by atoms with Crippen LogP contribution in [-0.4, -0.2) is 33.2 Å². The molecule has 0 saturated carbocycles. The Morgan fingerprint density at radius 1 is 1.11 bits per heavy atom. The quantitative estimate of drug-likeness (QED) is 0.724. The first-order valence-electron chi connectivity index (χ1n) is 9.27. The third-order valence-corrected chi connectivity index (χ3v) is 5.38. The highest BCUT2D eigenvalue weighted by Crippen LogP contribution is 2.26. The molecule has 1 amide bonds. The number of amides is 1. The summed E-state index contributed by atoms with van der Waals surface area (Å²) >= 11 is 0. The summed E-state index contributed by atoms with van der Waals surface area (Å²) in [5.41, 5.74) is 2.92. The monoisotopic (exact) mass is 404 g/mol. The van der Waals surface area contributed by atoms with Gasteiger partial charge in [0.25, 0.3) is 0 Å². The van der Waals surface area contributed by atoms with Crippen molar-refractivity contribution in [3.05, 3.63) is 53.6 Å². The first-order valence-corrected chi connectivity index (χ1v) is 11.1. The normalized spacial score (nSPS) is 12.3. The number of ether oxygens (including phenoxy) is 1. The van der Waals surface area contributed by atoms with Crippen molar-refractivity contribution in [1.29, 1.82) is 0 Å². The van der Waals surface area contributed by atoms with Crippen molar-refractivity contribution in [3.63, 3.8) is 0 Å². The van der Waals surface area contributed by atoms with Crippen molar-refractivity contribution < 1.29 is 17.9 Å². The average Bonchev–Trinajstić information content (AvgIpc) is 2.58. The van der Waals surface area contributed by atoms with Crippen LogP contribution in [0.2, 0.25) is 0 Å². The maximum Gasteiger partial charge on any atom is 0.248 e. The third kappa shape index (κ3) is 5.48. The van der Waals surface area contributed by atoms with Gasteiger partial charge >= 0.3 is 0 Å². The molecule has 2 rings (SSSR count). The van der Waals surface area contributed by atoms with E-state index in [4.69, 9.17) is 4.74 Å². The fourth-order valence-electron chi connectivity index (χ4n) is 3.19. The average molecular weight is 405 g/mol. The fraction of sp³-hybridized carbons (Fsp3) is 0.381. The number of hydrogen-bond acceptors (Lipinski definition) is 4. The molecule has 28 heavy (non-hydrogen) atoms. The van der Waals surface area contributed by atoms with E-state index in [1.54, 1.807) is 43.3 Å². The lowest BCUT2D eigenvalue weighted by molar-refractivity contribution is -0.117. The molecular weight excluding hydrogens is 376 g/mol. The summed E-state index contributed by atoms with van der Waals surface area (Å²) in [6, 6.07) is 11.7.